The van der Waals surface area contributed by atoms with E-state index in [1.807, 2.05) is 26.2 Å². The van der Waals surface area contributed by atoms with Crippen LogP contribution in [-0.2, 0) is 0 Å². The van der Waals surface area contributed by atoms with E-state index in [9.17, 15) is 0 Å². The molecular formula is C12H18N2. The van der Waals surface area contributed by atoms with Gasteiger partial charge in [0.25, 0.3) is 0 Å². The molecule has 1 aromatic rings. The number of hydrogen-bond acceptors (Lipinski definition) is 2. The molecule has 1 atom stereocenters. The van der Waals surface area contributed by atoms with Crippen molar-refractivity contribution in [3.63, 3.8) is 0 Å². The van der Waals surface area contributed by atoms with Gasteiger partial charge >= 0.3 is 0 Å². The lowest BCUT2D eigenvalue weighted by atomic mass is 10.1. The molecular weight excluding hydrogens is 172 g/mol. The smallest absolute Gasteiger partial charge is 0.0379 e. The average Bonchev–Trinajstić information content (AvgIpc) is 2.26. The quantitative estimate of drug-likeness (QED) is 0.762. The van der Waals surface area contributed by atoms with E-state index in [4.69, 9.17) is 0 Å². The van der Waals surface area contributed by atoms with Crippen LogP contribution in [0.4, 0.5) is 5.69 Å². The maximum atomic E-state index is 3.21. The Balaban J connectivity index is 2.68. The lowest BCUT2D eigenvalue weighted by Crippen LogP contribution is -2.11. The number of rotatable bonds is 4. The first-order chi connectivity index (χ1) is 6.77. The van der Waals surface area contributed by atoms with Crippen LogP contribution in [0.3, 0.4) is 0 Å². The Morgan fingerprint density at radius 1 is 1.21 bits per heavy atom. The first-order valence-electron chi connectivity index (χ1n) is 4.93. The predicted octanol–water partition coefficient (Wildman–Crippen LogP) is 2.91. The maximum Gasteiger partial charge on any atom is 0.0379 e. The predicted molar refractivity (Wildman–Crippen MR) is 62.4 cm³/mol. The zero-order valence-corrected chi connectivity index (χ0v) is 9.04. The molecule has 1 aromatic carbocycles. The Bertz CT molecular complexity index is 288. The molecule has 2 N–H and O–H groups in total. The molecule has 76 valence electrons. The molecule has 2 nitrogen and oxygen atoms in total. The van der Waals surface area contributed by atoms with E-state index in [2.05, 4.69) is 41.8 Å². The highest BCUT2D eigenvalue weighted by Gasteiger charge is 2.00. The van der Waals surface area contributed by atoms with Crippen LogP contribution >= 0.6 is 0 Å². The normalized spacial score (nSPS) is 13.1. The Labute approximate surface area is 86.0 Å². The van der Waals surface area contributed by atoms with Crippen molar-refractivity contribution in [1.82, 2.24) is 5.32 Å². The molecule has 0 fully saturated rings. The average molecular weight is 190 g/mol. The topological polar surface area (TPSA) is 24.1 Å². The van der Waals surface area contributed by atoms with Gasteiger partial charge in [-0.2, -0.15) is 0 Å². The number of allylic oxidation sites excluding steroid dienone is 1. The molecule has 0 saturated heterocycles. The summed E-state index contributed by atoms with van der Waals surface area (Å²) in [5, 5.41) is 6.39. The highest BCUT2D eigenvalue weighted by atomic mass is 14.9. The van der Waals surface area contributed by atoms with Gasteiger partial charge in [0, 0.05) is 11.7 Å². The first-order valence-corrected chi connectivity index (χ1v) is 4.93. The fraction of sp³-hybridized carbons (Fsp3) is 0.333. The molecule has 1 rings (SSSR count). The molecule has 0 bridgehead atoms. The minimum absolute atomic E-state index is 0.408. The Morgan fingerprint density at radius 3 is 2.36 bits per heavy atom. The SMILES string of the molecule is C/C=C\Nc1ccc([C@@H](C)NC)cc1. The second-order valence-corrected chi connectivity index (χ2v) is 3.28. The van der Waals surface area contributed by atoms with Gasteiger partial charge < -0.3 is 10.6 Å². The fourth-order valence-electron chi connectivity index (χ4n) is 1.21. The van der Waals surface area contributed by atoms with Crippen LogP contribution in [0.2, 0.25) is 0 Å². The summed E-state index contributed by atoms with van der Waals surface area (Å²) in [5.74, 6) is 0. The highest BCUT2D eigenvalue weighted by Crippen LogP contribution is 2.15. The summed E-state index contributed by atoms with van der Waals surface area (Å²) in [6.07, 6.45) is 3.90. The largest absolute Gasteiger partial charge is 0.362 e. The molecule has 0 radical (unpaired) electrons. The summed E-state index contributed by atoms with van der Waals surface area (Å²) < 4.78 is 0. The van der Waals surface area contributed by atoms with E-state index < -0.39 is 0 Å². The van der Waals surface area contributed by atoms with E-state index in [0.717, 1.165) is 5.69 Å². The Kier molecular flexibility index (Phi) is 4.20. The lowest BCUT2D eigenvalue weighted by molar-refractivity contribution is 0.652. The van der Waals surface area contributed by atoms with Crippen molar-refractivity contribution in [3.05, 3.63) is 42.1 Å². The number of nitrogens with one attached hydrogen (secondary N) is 2. The summed E-state index contributed by atoms with van der Waals surface area (Å²) in [6.45, 7) is 4.14. The zero-order valence-electron chi connectivity index (χ0n) is 9.04. The van der Waals surface area contributed by atoms with Crippen LogP contribution in [0.15, 0.2) is 36.5 Å². The van der Waals surface area contributed by atoms with Gasteiger partial charge in [-0.3, -0.25) is 0 Å². The summed E-state index contributed by atoms with van der Waals surface area (Å²) in [7, 11) is 1.97. The van der Waals surface area contributed by atoms with Crippen LogP contribution < -0.4 is 10.6 Å². The van der Waals surface area contributed by atoms with Crippen LogP contribution in [0.5, 0.6) is 0 Å². The van der Waals surface area contributed by atoms with Crippen molar-refractivity contribution < 1.29 is 0 Å². The third-order valence-corrected chi connectivity index (χ3v) is 2.26. The van der Waals surface area contributed by atoms with Gasteiger partial charge in [-0.15, -0.1) is 0 Å². The number of benzene rings is 1. The highest BCUT2D eigenvalue weighted by molar-refractivity contribution is 5.47. The minimum atomic E-state index is 0.408. The molecule has 0 spiro atoms. The summed E-state index contributed by atoms with van der Waals surface area (Å²) >= 11 is 0. The van der Waals surface area contributed by atoms with Gasteiger partial charge in [0.1, 0.15) is 0 Å². The van der Waals surface area contributed by atoms with E-state index >= 15 is 0 Å². The monoisotopic (exact) mass is 190 g/mol. The van der Waals surface area contributed by atoms with Gasteiger partial charge in [-0.05, 0) is 44.8 Å². The van der Waals surface area contributed by atoms with E-state index in [0.29, 0.717) is 6.04 Å². The van der Waals surface area contributed by atoms with Gasteiger partial charge in [0.15, 0.2) is 0 Å². The minimum Gasteiger partial charge on any atom is -0.362 e. The van der Waals surface area contributed by atoms with Crippen molar-refractivity contribution in [2.24, 2.45) is 0 Å². The van der Waals surface area contributed by atoms with Gasteiger partial charge in [-0.1, -0.05) is 18.2 Å². The number of anilines is 1. The molecule has 0 aliphatic rings. The summed E-state index contributed by atoms with van der Waals surface area (Å²) in [5.41, 5.74) is 2.42. The van der Waals surface area contributed by atoms with Crippen LogP contribution in [-0.4, -0.2) is 7.05 Å². The molecule has 14 heavy (non-hydrogen) atoms. The van der Waals surface area contributed by atoms with Crippen molar-refractivity contribution in [1.29, 1.82) is 0 Å². The zero-order chi connectivity index (χ0) is 10.4. The third-order valence-electron chi connectivity index (χ3n) is 2.26. The van der Waals surface area contributed by atoms with Gasteiger partial charge in [-0.25, -0.2) is 0 Å². The van der Waals surface area contributed by atoms with Crippen molar-refractivity contribution in [2.75, 3.05) is 12.4 Å². The second kappa shape index (κ2) is 5.45. The molecule has 0 heterocycles. The first kappa shape index (κ1) is 10.8. The molecule has 0 aliphatic heterocycles. The Morgan fingerprint density at radius 2 is 1.86 bits per heavy atom. The molecule has 0 amide bonds. The molecule has 0 unspecified atom stereocenters. The molecule has 2 heteroatoms. The van der Waals surface area contributed by atoms with Crippen molar-refractivity contribution in [3.8, 4) is 0 Å². The van der Waals surface area contributed by atoms with Gasteiger partial charge in [0.2, 0.25) is 0 Å². The van der Waals surface area contributed by atoms with Gasteiger partial charge in [0.05, 0.1) is 0 Å². The third kappa shape index (κ3) is 2.89. The van der Waals surface area contributed by atoms with E-state index in [1.165, 1.54) is 5.56 Å². The molecule has 0 saturated carbocycles. The maximum absolute atomic E-state index is 3.21. The van der Waals surface area contributed by atoms with Crippen LogP contribution in [0.1, 0.15) is 25.5 Å². The van der Waals surface area contributed by atoms with Crippen molar-refractivity contribution >= 4 is 5.69 Å². The van der Waals surface area contributed by atoms with Crippen LogP contribution in [0, 0.1) is 0 Å². The van der Waals surface area contributed by atoms with Crippen LogP contribution in [0.25, 0.3) is 0 Å². The van der Waals surface area contributed by atoms with E-state index in [1.54, 1.807) is 0 Å². The van der Waals surface area contributed by atoms with Crippen molar-refractivity contribution in [2.45, 2.75) is 19.9 Å². The summed E-state index contributed by atoms with van der Waals surface area (Å²) in [4.78, 5) is 0. The number of hydrogen-bond donors (Lipinski definition) is 2. The Hall–Kier alpha value is -1.28. The molecule has 0 aromatic heterocycles. The fourth-order valence-corrected chi connectivity index (χ4v) is 1.21. The standard InChI is InChI=1S/C12H18N2/c1-4-9-14-12-7-5-11(6-8-12)10(2)13-3/h4-10,13-14H,1-3H3/b9-4-/t10-/m1/s1. The molecule has 0 aliphatic carbocycles. The lowest BCUT2D eigenvalue weighted by Gasteiger charge is -2.10. The van der Waals surface area contributed by atoms with E-state index in [-0.39, 0.29) is 0 Å². The summed E-state index contributed by atoms with van der Waals surface area (Å²) in [6, 6.07) is 8.84. The second-order valence-electron chi connectivity index (χ2n) is 3.28.